The second kappa shape index (κ2) is 4.01. The molecule has 2 rings (SSSR count). The second-order valence-electron chi connectivity index (χ2n) is 3.13. The number of aromatic nitrogens is 2. The number of furan rings is 1. The van der Waals surface area contributed by atoms with Gasteiger partial charge in [-0.3, -0.25) is 4.79 Å². The Morgan fingerprint density at radius 3 is 2.94 bits per heavy atom. The van der Waals surface area contributed by atoms with Gasteiger partial charge in [0.15, 0.2) is 0 Å². The van der Waals surface area contributed by atoms with E-state index in [0.717, 1.165) is 6.20 Å². The van der Waals surface area contributed by atoms with E-state index in [1.54, 1.807) is 12.1 Å². The van der Waals surface area contributed by atoms with Crippen molar-refractivity contribution in [2.75, 3.05) is 0 Å². The first kappa shape index (κ1) is 10.2. The fourth-order valence-electron chi connectivity index (χ4n) is 1.25. The van der Waals surface area contributed by atoms with Gasteiger partial charge in [-0.2, -0.15) is 0 Å². The quantitative estimate of drug-likeness (QED) is 0.791. The number of hydrogen-bond donors (Lipinski definition) is 2. The molecule has 0 saturated carbocycles. The van der Waals surface area contributed by atoms with E-state index in [4.69, 9.17) is 9.52 Å². The highest BCUT2D eigenvalue weighted by Gasteiger charge is 2.10. The summed E-state index contributed by atoms with van der Waals surface area (Å²) >= 11 is 0. The van der Waals surface area contributed by atoms with Crippen molar-refractivity contribution < 1.29 is 14.3 Å². The Hall–Kier alpha value is -2.37. The molecule has 2 aromatic heterocycles. The van der Waals surface area contributed by atoms with Crippen LogP contribution in [-0.2, 0) is 6.42 Å². The van der Waals surface area contributed by atoms with Gasteiger partial charge in [-0.15, -0.1) is 0 Å². The van der Waals surface area contributed by atoms with Crippen molar-refractivity contribution >= 4 is 5.97 Å². The Balaban J connectivity index is 2.28. The van der Waals surface area contributed by atoms with Gasteiger partial charge in [-0.25, -0.2) is 9.78 Å². The molecule has 0 aliphatic carbocycles. The summed E-state index contributed by atoms with van der Waals surface area (Å²) in [5.41, 5.74) is -1.03. The van der Waals surface area contributed by atoms with E-state index >= 15 is 0 Å². The summed E-state index contributed by atoms with van der Waals surface area (Å²) in [6.07, 6.45) is 2.88. The van der Waals surface area contributed by atoms with Crippen LogP contribution < -0.4 is 5.56 Å². The predicted molar refractivity (Wildman–Crippen MR) is 53.3 cm³/mol. The van der Waals surface area contributed by atoms with E-state index in [0.29, 0.717) is 18.0 Å². The third-order valence-electron chi connectivity index (χ3n) is 2.00. The van der Waals surface area contributed by atoms with Crippen LogP contribution in [-0.4, -0.2) is 21.0 Å². The lowest BCUT2D eigenvalue weighted by atomic mass is 10.3. The molecular weight excluding hydrogens is 212 g/mol. The number of hydrogen-bond acceptors (Lipinski definition) is 4. The van der Waals surface area contributed by atoms with Crippen LogP contribution in [0, 0.1) is 0 Å². The molecule has 2 N–H and O–H groups in total. The summed E-state index contributed by atoms with van der Waals surface area (Å²) in [7, 11) is 0. The van der Waals surface area contributed by atoms with Gasteiger partial charge in [0.25, 0.3) is 5.56 Å². The smallest absolute Gasteiger partial charge is 0.342 e. The summed E-state index contributed by atoms with van der Waals surface area (Å²) in [4.78, 5) is 28.1. The van der Waals surface area contributed by atoms with Gasteiger partial charge in [-0.05, 0) is 12.1 Å². The molecule has 82 valence electrons. The predicted octanol–water partition coefficient (Wildman–Crippen LogP) is 0.652. The van der Waals surface area contributed by atoms with E-state index in [-0.39, 0.29) is 5.56 Å². The largest absolute Gasteiger partial charge is 0.477 e. The number of aromatic carboxylic acids is 1. The molecule has 2 aromatic rings. The van der Waals surface area contributed by atoms with Crippen LogP contribution in [0.5, 0.6) is 0 Å². The molecule has 0 radical (unpaired) electrons. The fourth-order valence-corrected chi connectivity index (χ4v) is 1.25. The van der Waals surface area contributed by atoms with E-state index in [2.05, 4.69) is 9.97 Å². The molecule has 0 atom stereocenters. The minimum atomic E-state index is -1.29. The third-order valence-corrected chi connectivity index (χ3v) is 2.00. The van der Waals surface area contributed by atoms with Crippen LogP contribution in [0.2, 0.25) is 0 Å². The molecular formula is C10H8N2O4. The first-order valence-corrected chi connectivity index (χ1v) is 4.50. The number of carboxylic acids is 1. The van der Waals surface area contributed by atoms with Gasteiger partial charge in [-0.1, -0.05) is 0 Å². The highest BCUT2D eigenvalue weighted by molar-refractivity contribution is 5.86. The number of H-pyrrole nitrogens is 1. The second-order valence-corrected chi connectivity index (χ2v) is 3.13. The molecule has 6 nitrogen and oxygen atoms in total. The summed E-state index contributed by atoms with van der Waals surface area (Å²) < 4.78 is 5.08. The van der Waals surface area contributed by atoms with Crippen molar-refractivity contribution in [3.8, 4) is 0 Å². The fraction of sp³-hybridized carbons (Fsp3) is 0.100. The molecule has 6 heteroatoms. The Morgan fingerprint density at radius 1 is 1.56 bits per heavy atom. The Labute approximate surface area is 89.6 Å². The molecule has 0 saturated heterocycles. The average molecular weight is 220 g/mol. The molecule has 2 heterocycles. The van der Waals surface area contributed by atoms with Crippen LogP contribution >= 0.6 is 0 Å². The van der Waals surface area contributed by atoms with Gasteiger partial charge in [0.1, 0.15) is 17.1 Å². The third kappa shape index (κ3) is 2.00. The van der Waals surface area contributed by atoms with Gasteiger partial charge < -0.3 is 14.5 Å². The minimum absolute atomic E-state index is 0.322. The number of aromatic amines is 1. The highest BCUT2D eigenvalue weighted by Crippen LogP contribution is 2.04. The molecule has 0 bridgehead atoms. The van der Waals surface area contributed by atoms with Crippen molar-refractivity contribution in [1.82, 2.24) is 9.97 Å². The van der Waals surface area contributed by atoms with Crippen molar-refractivity contribution in [3.63, 3.8) is 0 Å². The van der Waals surface area contributed by atoms with Gasteiger partial charge in [0.05, 0.1) is 12.7 Å². The number of nitrogens with zero attached hydrogens (tertiary/aromatic N) is 1. The Kier molecular flexibility index (Phi) is 2.55. The highest BCUT2D eigenvalue weighted by atomic mass is 16.4. The van der Waals surface area contributed by atoms with Crippen LogP contribution in [0.1, 0.15) is 21.9 Å². The molecule has 0 aromatic carbocycles. The number of rotatable bonds is 3. The van der Waals surface area contributed by atoms with Crippen LogP contribution in [0.3, 0.4) is 0 Å². The number of carboxylic acid groups (broad SMARTS) is 1. The molecule has 0 aliphatic heterocycles. The molecule has 0 unspecified atom stereocenters. The lowest BCUT2D eigenvalue weighted by Crippen LogP contribution is -2.20. The molecule has 0 fully saturated rings. The van der Waals surface area contributed by atoms with Crippen LogP contribution in [0.25, 0.3) is 0 Å². The normalized spacial score (nSPS) is 10.2. The van der Waals surface area contributed by atoms with Crippen molar-refractivity contribution in [2.24, 2.45) is 0 Å². The number of carbonyl (C=O) groups is 1. The first-order chi connectivity index (χ1) is 7.66. The Morgan fingerprint density at radius 2 is 2.38 bits per heavy atom. The SMILES string of the molecule is O=C(O)c1cnc(Cc2ccco2)[nH]c1=O. The maximum absolute atomic E-state index is 11.3. The minimum Gasteiger partial charge on any atom is -0.477 e. The summed E-state index contributed by atoms with van der Waals surface area (Å²) in [6.45, 7) is 0. The van der Waals surface area contributed by atoms with Gasteiger partial charge in [0.2, 0.25) is 0 Å². The van der Waals surface area contributed by atoms with Crippen molar-refractivity contribution in [2.45, 2.75) is 6.42 Å². The van der Waals surface area contributed by atoms with E-state index < -0.39 is 11.5 Å². The summed E-state index contributed by atoms with van der Waals surface area (Å²) in [5, 5.41) is 8.63. The lowest BCUT2D eigenvalue weighted by molar-refractivity contribution is 0.0694. The first-order valence-electron chi connectivity index (χ1n) is 4.50. The monoisotopic (exact) mass is 220 g/mol. The summed E-state index contributed by atoms with van der Waals surface area (Å²) in [6, 6.07) is 3.46. The molecule has 16 heavy (non-hydrogen) atoms. The Bertz CT molecular complexity index is 556. The van der Waals surface area contributed by atoms with E-state index in [9.17, 15) is 9.59 Å². The molecule has 0 aliphatic rings. The zero-order valence-corrected chi connectivity index (χ0v) is 8.14. The van der Waals surface area contributed by atoms with Gasteiger partial charge >= 0.3 is 5.97 Å². The van der Waals surface area contributed by atoms with E-state index in [1.807, 2.05) is 0 Å². The summed E-state index contributed by atoms with van der Waals surface area (Å²) in [5.74, 6) is -0.283. The van der Waals surface area contributed by atoms with Gasteiger partial charge in [0, 0.05) is 6.20 Å². The average Bonchev–Trinajstić information content (AvgIpc) is 2.70. The van der Waals surface area contributed by atoms with Crippen LogP contribution in [0.4, 0.5) is 0 Å². The molecule has 0 amide bonds. The standard InChI is InChI=1S/C10H8N2O4/c13-9-7(10(14)15)5-11-8(12-9)4-6-2-1-3-16-6/h1-3,5H,4H2,(H,14,15)(H,11,12,13). The number of nitrogens with one attached hydrogen (secondary N) is 1. The zero-order chi connectivity index (χ0) is 11.5. The molecule has 0 spiro atoms. The van der Waals surface area contributed by atoms with Crippen LogP contribution in [0.15, 0.2) is 33.8 Å². The lowest BCUT2D eigenvalue weighted by Gasteiger charge is -1.98. The maximum Gasteiger partial charge on any atom is 0.342 e. The zero-order valence-electron chi connectivity index (χ0n) is 8.14. The van der Waals surface area contributed by atoms with Crippen molar-refractivity contribution in [3.05, 3.63) is 52.1 Å². The topological polar surface area (TPSA) is 96.2 Å². The van der Waals surface area contributed by atoms with Crippen molar-refractivity contribution in [1.29, 1.82) is 0 Å². The van der Waals surface area contributed by atoms with E-state index in [1.165, 1.54) is 6.26 Å². The maximum atomic E-state index is 11.3.